The molecule has 0 N–H and O–H groups in total. The van der Waals surface area contributed by atoms with Crippen LogP contribution in [0.15, 0.2) is 11.6 Å². The van der Waals surface area contributed by atoms with Crippen molar-refractivity contribution in [3.8, 4) is 0 Å². The summed E-state index contributed by atoms with van der Waals surface area (Å²) in [6.07, 6.45) is 6.81. The zero-order valence-corrected chi connectivity index (χ0v) is 11.8. The molecule has 0 aromatic heterocycles. The summed E-state index contributed by atoms with van der Waals surface area (Å²) < 4.78 is -0.151. The Morgan fingerprint density at radius 3 is 2.69 bits per heavy atom. The van der Waals surface area contributed by atoms with Crippen LogP contribution in [0.5, 0.6) is 0 Å². The van der Waals surface area contributed by atoms with Crippen molar-refractivity contribution in [2.75, 3.05) is 11.5 Å². The summed E-state index contributed by atoms with van der Waals surface area (Å²) in [5.74, 6) is 3.15. The molecule has 2 aliphatic rings. The van der Waals surface area contributed by atoms with Crippen LogP contribution in [-0.4, -0.2) is 21.4 Å². The maximum Gasteiger partial charge on any atom is 0.181 e. The third-order valence-corrected chi connectivity index (χ3v) is 6.46. The lowest BCUT2D eigenvalue weighted by Gasteiger charge is -2.36. The molecule has 0 aromatic rings. The van der Waals surface area contributed by atoms with Crippen LogP contribution in [0.2, 0.25) is 0 Å². The van der Waals surface area contributed by atoms with Gasteiger partial charge in [0.2, 0.25) is 0 Å². The summed E-state index contributed by atoms with van der Waals surface area (Å²) in [7, 11) is 0. The normalized spacial score (nSPS) is 27.8. The van der Waals surface area contributed by atoms with E-state index < -0.39 is 0 Å². The maximum atomic E-state index is 12.3. The van der Waals surface area contributed by atoms with Crippen molar-refractivity contribution < 1.29 is 4.79 Å². The second-order valence-corrected chi connectivity index (χ2v) is 7.88. The highest BCUT2D eigenvalue weighted by atomic mass is 32.2. The predicted octanol–water partition coefficient (Wildman–Crippen LogP) is 3.89. The van der Waals surface area contributed by atoms with Gasteiger partial charge in [0.15, 0.2) is 5.78 Å². The molecule has 1 fully saturated rings. The monoisotopic (exact) mass is 256 g/mol. The molecule has 2 rings (SSSR count). The van der Waals surface area contributed by atoms with Gasteiger partial charge in [0.1, 0.15) is 4.08 Å². The highest BCUT2D eigenvalue weighted by Gasteiger charge is 2.44. The first-order valence-electron chi connectivity index (χ1n) is 6.24. The van der Waals surface area contributed by atoms with E-state index >= 15 is 0 Å². The summed E-state index contributed by atoms with van der Waals surface area (Å²) in [5.41, 5.74) is 1.44. The van der Waals surface area contributed by atoms with Crippen molar-refractivity contribution in [3.63, 3.8) is 0 Å². The van der Waals surface area contributed by atoms with Crippen molar-refractivity contribution in [2.45, 2.75) is 43.6 Å². The van der Waals surface area contributed by atoms with E-state index in [9.17, 15) is 4.79 Å². The van der Waals surface area contributed by atoms with Gasteiger partial charge in [0.05, 0.1) is 0 Å². The first-order chi connectivity index (χ1) is 7.72. The minimum absolute atomic E-state index is 0.151. The molecule has 1 saturated carbocycles. The van der Waals surface area contributed by atoms with Crippen LogP contribution in [0.3, 0.4) is 0 Å². The van der Waals surface area contributed by atoms with E-state index in [1.54, 1.807) is 0 Å². The van der Waals surface area contributed by atoms with E-state index in [0.717, 1.165) is 17.9 Å². The zero-order valence-electron chi connectivity index (χ0n) is 10.1. The minimum atomic E-state index is -0.151. The fourth-order valence-electron chi connectivity index (χ4n) is 2.84. The van der Waals surface area contributed by atoms with E-state index in [4.69, 9.17) is 0 Å². The molecule has 0 heterocycles. The van der Waals surface area contributed by atoms with Crippen LogP contribution in [0.4, 0.5) is 0 Å². The fourth-order valence-corrected chi connectivity index (χ4v) is 5.85. The average molecular weight is 256 g/mol. The number of carbonyl (C=O) groups is 1. The first kappa shape index (κ1) is 12.6. The third kappa shape index (κ3) is 2.21. The molecule has 0 amide bonds. The Hall–Kier alpha value is 0.110. The molecule has 90 valence electrons. The van der Waals surface area contributed by atoms with Crippen molar-refractivity contribution >= 4 is 29.3 Å². The SMILES string of the molecule is CCSC1(SCC)CC2CCCC2=CC1=O. The van der Waals surface area contributed by atoms with Gasteiger partial charge in [-0.05, 0) is 49.2 Å². The van der Waals surface area contributed by atoms with Crippen LogP contribution < -0.4 is 0 Å². The Morgan fingerprint density at radius 2 is 2.06 bits per heavy atom. The summed E-state index contributed by atoms with van der Waals surface area (Å²) in [6.45, 7) is 4.31. The number of thioether (sulfide) groups is 2. The number of carbonyl (C=O) groups excluding carboxylic acids is 1. The third-order valence-electron chi connectivity index (χ3n) is 3.50. The topological polar surface area (TPSA) is 17.1 Å². The van der Waals surface area contributed by atoms with Crippen LogP contribution in [-0.2, 0) is 4.79 Å². The van der Waals surface area contributed by atoms with E-state index in [-0.39, 0.29) is 4.08 Å². The summed E-state index contributed by atoms with van der Waals surface area (Å²) in [5, 5.41) is 0. The molecule has 0 aromatic carbocycles. The Morgan fingerprint density at radius 1 is 1.38 bits per heavy atom. The van der Waals surface area contributed by atoms with Gasteiger partial charge in [0, 0.05) is 0 Å². The minimum Gasteiger partial charge on any atom is -0.292 e. The van der Waals surface area contributed by atoms with Gasteiger partial charge in [0.25, 0.3) is 0 Å². The molecule has 1 unspecified atom stereocenters. The van der Waals surface area contributed by atoms with Gasteiger partial charge in [-0.1, -0.05) is 19.4 Å². The number of fused-ring (bicyclic) bond motifs is 1. The number of hydrogen-bond acceptors (Lipinski definition) is 3. The highest BCUT2D eigenvalue weighted by Crippen LogP contribution is 2.51. The van der Waals surface area contributed by atoms with Gasteiger partial charge < -0.3 is 0 Å². The largest absolute Gasteiger partial charge is 0.292 e. The van der Waals surface area contributed by atoms with Gasteiger partial charge in [-0.25, -0.2) is 0 Å². The predicted molar refractivity (Wildman–Crippen MR) is 74.0 cm³/mol. The Labute approximate surface area is 107 Å². The molecule has 3 heteroatoms. The molecule has 0 spiro atoms. The highest BCUT2D eigenvalue weighted by molar-refractivity contribution is 8.19. The summed E-state index contributed by atoms with van der Waals surface area (Å²) in [4.78, 5) is 12.3. The number of rotatable bonds is 4. The van der Waals surface area contributed by atoms with Gasteiger partial charge in [-0.3, -0.25) is 4.79 Å². The second-order valence-electron chi connectivity index (χ2n) is 4.50. The van der Waals surface area contributed by atoms with Gasteiger partial charge in [-0.15, -0.1) is 23.5 Å². The standard InChI is InChI=1S/C13H20OS2/c1-3-15-13(16-4-2)9-11-7-5-6-10(11)8-12(13)14/h8,11H,3-7,9H2,1-2H3. The van der Waals surface area contributed by atoms with E-state index in [2.05, 4.69) is 13.8 Å². The average Bonchev–Trinajstić information content (AvgIpc) is 2.66. The molecule has 1 atom stereocenters. The smallest absolute Gasteiger partial charge is 0.181 e. The van der Waals surface area contributed by atoms with E-state index in [1.165, 1.54) is 24.8 Å². The molecule has 2 aliphatic carbocycles. The Balaban J connectivity index is 2.23. The fraction of sp³-hybridized carbons (Fsp3) is 0.769. The maximum absolute atomic E-state index is 12.3. The molecule has 0 bridgehead atoms. The van der Waals surface area contributed by atoms with Crippen molar-refractivity contribution in [1.29, 1.82) is 0 Å². The molecule has 0 saturated heterocycles. The van der Waals surface area contributed by atoms with Crippen molar-refractivity contribution in [1.82, 2.24) is 0 Å². The van der Waals surface area contributed by atoms with E-state index in [0.29, 0.717) is 11.7 Å². The van der Waals surface area contributed by atoms with Crippen molar-refractivity contribution in [3.05, 3.63) is 11.6 Å². The number of allylic oxidation sites excluding steroid dienone is 2. The lowest BCUT2D eigenvalue weighted by atomic mass is 9.89. The molecule has 1 nitrogen and oxygen atoms in total. The van der Waals surface area contributed by atoms with Crippen LogP contribution >= 0.6 is 23.5 Å². The van der Waals surface area contributed by atoms with Gasteiger partial charge >= 0.3 is 0 Å². The molecule has 0 aliphatic heterocycles. The lowest BCUT2D eigenvalue weighted by molar-refractivity contribution is -0.115. The quantitative estimate of drug-likeness (QED) is 0.710. The second kappa shape index (κ2) is 5.18. The molecular formula is C13H20OS2. The number of ketones is 1. The van der Waals surface area contributed by atoms with E-state index in [1.807, 2.05) is 29.6 Å². The molecule has 16 heavy (non-hydrogen) atoms. The summed E-state index contributed by atoms with van der Waals surface area (Å²) >= 11 is 3.70. The first-order valence-corrected chi connectivity index (χ1v) is 8.21. The zero-order chi connectivity index (χ0) is 11.6. The molecular weight excluding hydrogens is 236 g/mol. The lowest BCUT2D eigenvalue weighted by Crippen LogP contribution is -2.36. The Bertz CT molecular complexity index is 303. The summed E-state index contributed by atoms with van der Waals surface area (Å²) in [6, 6.07) is 0. The van der Waals surface area contributed by atoms with Gasteiger partial charge in [-0.2, -0.15) is 0 Å². The van der Waals surface area contributed by atoms with Crippen LogP contribution in [0.1, 0.15) is 39.5 Å². The van der Waals surface area contributed by atoms with Crippen LogP contribution in [0.25, 0.3) is 0 Å². The van der Waals surface area contributed by atoms with Crippen molar-refractivity contribution in [2.24, 2.45) is 5.92 Å². The number of hydrogen-bond donors (Lipinski definition) is 0. The Kier molecular flexibility index (Phi) is 4.06. The van der Waals surface area contributed by atoms with Crippen LogP contribution in [0, 0.1) is 5.92 Å². The molecule has 0 radical (unpaired) electrons.